The minimum atomic E-state index is -0.116. The Morgan fingerprint density at radius 2 is 2.25 bits per heavy atom. The van der Waals surface area contributed by atoms with Crippen LogP contribution in [0, 0.1) is 0 Å². The lowest BCUT2D eigenvalue weighted by Crippen LogP contribution is -2.38. The highest BCUT2D eigenvalue weighted by atomic mass is 79.9. The van der Waals surface area contributed by atoms with Crippen molar-refractivity contribution in [2.24, 2.45) is 0 Å². The first kappa shape index (κ1) is 12.9. The standard InChI is InChI=1S/C14H12BrN3O2/c15-10-3-1-2-9(4-10)7-18-13(19)8-20-12-5-11(16)6-17-14(12)18/h1-6H,7-8,16H2. The maximum atomic E-state index is 12.0. The lowest BCUT2D eigenvalue weighted by molar-refractivity contribution is -0.121. The van der Waals surface area contributed by atoms with Gasteiger partial charge in [0.2, 0.25) is 0 Å². The molecule has 0 bridgehead atoms. The molecule has 0 atom stereocenters. The summed E-state index contributed by atoms with van der Waals surface area (Å²) in [6.45, 7) is 0.456. The predicted octanol–water partition coefficient (Wildman–Crippen LogP) is 2.35. The van der Waals surface area contributed by atoms with Crippen molar-refractivity contribution in [3.63, 3.8) is 0 Å². The summed E-state index contributed by atoms with van der Waals surface area (Å²) in [4.78, 5) is 17.9. The van der Waals surface area contributed by atoms with Crippen LogP contribution >= 0.6 is 15.9 Å². The van der Waals surface area contributed by atoms with Crippen molar-refractivity contribution in [1.82, 2.24) is 4.98 Å². The molecular weight excluding hydrogens is 322 g/mol. The molecule has 0 radical (unpaired) electrons. The number of nitrogen functional groups attached to an aromatic ring is 1. The van der Waals surface area contributed by atoms with E-state index in [1.54, 1.807) is 11.0 Å². The molecule has 0 unspecified atom stereocenters. The van der Waals surface area contributed by atoms with Crippen LogP contribution in [0.3, 0.4) is 0 Å². The number of ether oxygens (including phenoxy) is 1. The van der Waals surface area contributed by atoms with Crippen LogP contribution in [-0.2, 0) is 11.3 Å². The Balaban J connectivity index is 1.95. The summed E-state index contributed by atoms with van der Waals surface area (Å²) in [6, 6.07) is 9.49. The third-order valence-electron chi connectivity index (χ3n) is 2.99. The fourth-order valence-electron chi connectivity index (χ4n) is 2.08. The van der Waals surface area contributed by atoms with Crippen molar-refractivity contribution in [1.29, 1.82) is 0 Å². The number of nitrogens with zero attached hydrogens (tertiary/aromatic N) is 2. The second-order valence-corrected chi connectivity index (χ2v) is 5.40. The molecule has 5 nitrogen and oxygen atoms in total. The van der Waals surface area contributed by atoms with Crippen molar-refractivity contribution in [3.05, 3.63) is 46.6 Å². The number of amides is 1. The second-order valence-electron chi connectivity index (χ2n) is 4.49. The van der Waals surface area contributed by atoms with E-state index in [4.69, 9.17) is 10.5 Å². The summed E-state index contributed by atoms with van der Waals surface area (Å²) in [7, 11) is 0. The number of fused-ring (bicyclic) bond motifs is 1. The first-order valence-corrected chi connectivity index (χ1v) is 6.86. The zero-order valence-electron chi connectivity index (χ0n) is 10.5. The van der Waals surface area contributed by atoms with Crippen LogP contribution < -0.4 is 15.4 Å². The van der Waals surface area contributed by atoms with Crippen molar-refractivity contribution in [2.75, 3.05) is 17.2 Å². The van der Waals surface area contributed by atoms with Crippen molar-refractivity contribution in [3.8, 4) is 5.75 Å². The quantitative estimate of drug-likeness (QED) is 0.915. The molecule has 0 spiro atoms. The van der Waals surface area contributed by atoms with E-state index in [2.05, 4.69) is 20.9 Å². The van der Waals surface area contributed by atoms with Crippen LogP contribution in [0.1, 0.15) is 5.56 Å². The van der Waals surface area contributed by atoms with E-state index in [1.165, 1.54) is 6.20 Å². The zero-order valence-corrected chi connectivity index (χ0v) is 12.1. The van der Waals surface area contributed by atoms with Crippen LogP contribution in [0.5, 0.6) is 5.75 Å². The molecule has 1 amide bonds. The van der Waals surface area contributed by atoms with Crippen molar-refractivity contribution < 1.29 is 9.53 Å². The van der Waals surface area contributed by atoms with E-state index >= 15 is 0 Å². The molecule has 1 aromatic carbocycles. The number of aromatic nitrogens is 1. The monoisotopic (exact) mass is 333 g/mol. The Morgan fingerprint density at radius 3 is 3.05 bits per heavy atom. The first-order chi connectivity index (χ1) is 9.63. The SMILES string of the molecule is Nc1cnc2c(c1)OCC(=O)N2Cc1cccc(Br)c1. The number of pyridine rings is 1. The number of hydrogen-bond acceptors (Lipinski definition) is 4. The Bertz CT molecular complexity index is 675. The number of halogens is 1. The third-order valence-corrected chi connectivity index (χ3v) is 3.48. The lowest BCUT2D eigenvalue weighted by atomic mass is 10.2. The van der Waals surface area contributed by atoms with E-state index in [0.717, 1.165) is 10.0 Å². The highest BCUT2D eigenvalue weighted by molar-refractivity contribution is 9.10. The zero-order chi connectivity index (χ0) is 14.1. The molecule has 0 saturated carbocycles. The largest absolute Gasteiger partial charge is 0.480 e. The van der Waals surface area contributed by atoms with Gasteiger partial charge in [-0.1, -0.05) is 28.1 Å². The van der Waals surface area contributed by atoms with Crippen molar-refractivity contribution in [2.45, 2.75) is 6.54 Å². The average Bonchev–Trinajstić information content (AvgIpc) is 2.42. The van der Waals surface area contributed by atoms with Gasteiger partial charge < -0.3 is 10.5 Å². The van der Waals surface area contributed by atoms with Crippen molar-refractivity contribution >= 4 is 33.3 Å². The molecule has 0 saturated heterocycles. The topological polar surface area (TPSA) is 68.5 Å². The van der Waals surface area contributed by atoms with Gasteiger partial charge in [0.15, 0.2) is 18.2 Å². The van der Waals surface area contributed by atoms with Gasteiger partial charge in [-0.2, -0.15) is 0 Å². The Kier molecular flexibility index (Phi) is 3.31. The van der Waals surface area contributed by atoms with E-state index in [9.17, 15) is 4.79 Å². The average molecular weight is 334 g/mol. The van der Waals surface area contributed by atoms with Gasteiger partial charge in [-0.25, -0.2) is 4.98 Å². The van der Waals surface area contributed by atoms with Crippen LogP contribution in [0.15, 0.2) is 41.0 Å². The smallest absolute Gasteiger partial charge is 0.266 e. The van der Waals surface area contributed by atoms with Gasteiger partial charge in [-0.15, -0.1) is 0 Å². The van der Waals surface area contributed by atoms with Gasteiger partial charge in [0.1, 0.15) is 0 Å². The third kappa shape index (κ3) is 2.46. The molecule has 2 heterocycles. The number of rotatable bonds is 2. The fraction of sp³-hybridized carbons (Fsp3) is 0.143. The summed E-state index contributed by atoms with van der Waals surface area (Å²) in [5.41, 5.74) is 7.21. The molecule has 2 N–H and O–H groups in total. The number of carbonyl (C=O) groups excluding carboxylic acids is 1. The minimum absolute atomic E-state index is 0.00609. The van der Waals surface area contributed by atoms with E-state index in [0.29, 0.717) is 23.8 Å². The molecule has 1 aliphatic rings. The van der Waals surface area contributed by atoms with Gasteiger partial charge in [0.25, 0.3) is 5.91 Å². The van der Waals surface area contributed by atoms with E-state index < -0.39 is 0 Å². The van der Waals surface area contributed by atoms with Gasteiger partial charge in [-0.3, -0.25) is 9.69 Å². The molecule has 102 valence electrons. The molecule has 1 aliphatic heterocycles. The number of hydrogen-bond donors (Lipinski definition) is 1. The maximum absolute atomic E-state index is 12.0. The van der Waals surface area contributed by atoms with E-state index in [1.807, 2.05) is 24.3 Å². The molecule has 3 rings (SSSR count). The number of nitrogens with two attached hydrogens (primary N) is 1. The predicted molar refractivity (Wildman–Crippen MR) is 79.5 cm³/mol. The van der Waals surface area contributed by atoms with Gasteiger partial charge >= 0.3 is 0 Å². The Morgan fingerprint density at radius 1 is 1.40 bits per heavy atom. The summed E-state index contributed by atoms with van der Waals surface area (Å²) >= 11 is 3.42. The van der Waals surface area contributed by atoms with Crippen LogP contribution in [0.25, 0.3) is 0 Å². The number of carbonyl (C=O) groups is 1. The summed E-state index contributed by atoms with van der Waals surface area (Å²) in [5.74, 6) is 0.935. The minimum Gasteiger partial charge on any atom is -0.480 e. The number of anilines is 2. The summed E-state index contributed by atoms with van der Waals surface area (Å²) in [6.07, 6.45) is 1.52. The molecule has 1 aromatic heterocycles. The second kappa shape index (κ2) is 5.13. The van der Waals surface area contributed by atoms with Gasteiger partial charge in [0, 0.05) is 10.5 Å². The first-order valence-electron chi connectivity index (χ1n) is 6.06. The molecule has 2 aromatic rings. The van der Waals surface area contributed by atoms with Crippen LogP contribution in [-0.4, -0.2) is 17.5 Å². The maximum Gasteiger partial charge on any atom is 0.266 e. The van der Waals surface area contributed by atoms with Crippen LogP contribution in [0.4, 0.5) is 11.5 Å². The summed E-state index contributed by atoms with van der Waals surface area (Å²) < 4.78 is 6.34. The lowest BCUT2D eigenvalue weighted by Gasteiger charge is -2.28. The van der Waals surface area contributed by atoms with E-state index in [-0.39, 0.29) is 12.5 Å². The van der Waals surface area contributed by atoms with Gasteiger partial charge in [0.05, 0.1) is 18.4 Å². The highest BCUT2D eigenvalue weighted by Gasteiger charge is 2.27. The molecule has 20 heavy (non-hydrogen) atoms. The molecular formula is C14H12BrN3O2. The molecule has 0 fully saturated rings. The van der Waals surface area contributed by atoms with Crippen LogP contribution in [0.2, 0.25) is 0 Å². The molecule has 6 heteroatoms. The fourth-order valence-corrected chi connectivity index (χ4v) is 2.52. The normalized spacial score (nSPS) is 13.8. The summed E-state index contributed by atoms with van der Waals surface area (Å²) in [5, 5.41) is 0. The highest BCUT2D eigenvalue weighted by Crippen LogP contribution is 2.32. The number of benzene rings is 1. The Hall–Kier alpha value is -2.08. The molecule has 0 aliphatic carbocycles. The Labute approximate surface area is 124 Å². The van der Waals surface area contributed by atoms with Gasteiger partial charge in [-0.05, 0) is 17.7 Å².